The van der Waals surface area contributed by atoms with Crippen LogP contribution in [0, 0.1) is 5.95 Å². The average molecular weight is 225 g/mol. The molecule has 2 N–H and O–H groups in total. The minimum Gasteiger partial charge on any atom is -0.330 e. The summed E-state index contributed by atoms with van der Waals surface area (Å²) in [5, 5.41) is 4.19. The van der Waals surface area contributed by atoms with E-state index in [0.29, 0.717) is 13.0 Å². The van der Waals surface area contributed by atoms with E-state index in [4.69, 9.17) is 5.73 Å². The molecule has 0 spiro atoms. The van der Waals surface area contributed by atoms with Gasteiger partial charge in [0.1, 0.15) is 0 Å². The van der Waals surface area contributed by atoms with Gasteiger partial charge in [0, 0.05) is 5.56 Å². The van der Waals surface area contributed by atoms with Crippen LogP contribution in [0.5, 0.6) is 0 Å². The second-order valence-corrected chi connectivity index (χ2v) is 4.59. The van der Waals surface area contributed by atoms with Crippen molar-refractivity contribution < 1.29 is 4.39 Å². The highest BCUT2D eigenvalue weighted by Crippen LogP contribution is 2.29. The second kappa shape index (κ2) is 5.43. The Morgan fingerprint density at radius 3 is 2.81 bits per heavy atom. The number of rotatable bonds is 4. The van der Waals surface area contributed by atoms with Gasteiger partial charge in [0.05, 0.1) is 12.2 Å². The molecule has 2 rings (SSSR count). The van der Waals surface area contributed by atoms with E-state index in [2.05, 4.69) is 5.10 Å². The Kier molecular flexibility index (Phi) is 3.93. The van der Waals surface area contributed by atoms with Gasteiger partial charge in [0.15, 0.2) is 0 Å². The molecule has 0 bridgehead atoms. The van der Waals surface area contributed by atoms with Gasteiger partial charge in [0.2, 0.25) is 5.95 Å². The Balaban J connectivity index is 2.06. The summed E-state index contributed by atoms with van der Waals surface area (Å²) in [5.74, 6) is -0.139. The van der Waals surface area contributed by atoms with Crippen molar-refractivity contribution in [1.29, 1.82) is 0 Å². The third-order valence-corrected chi connectivity index (χ3v) is 3.37. The molecule has 0 saturated heterocycles. The molecule has 1 heterocycles. The van der Waals surface area contributed by atoms with Gasteiger partial charge in [-0.2, -0.15) is 9.49 Å². The van der Waals surface area contributed by atoms with E-state index in [-0.39, 0.29) is 12.0 Å². The predicted octanol–water partition coefficient (Wildman–Crippen LogP) is 2.42. The van der Waals surface area contributed by atoms with Crippen molar-refractivity contribution in [2.24, 2.45) is 5.73 Å². The molecule has 1 saturated carbocycles. The Morgan fingerprint density at radius 2 is 2.12 bits per heavy atom. The second-order valence-electron chi connectivity index (χ2n) is 4.59. The minimum atomic E-state index is -0.139. The maximum Gasteiger partial charge on any atom is 0.214 e. The molecule has 0 atom stereocenters. The van der Waals surface area contributed by atoms with Crippen LogP contribution >= 0.6 is 0 Å². The Morgan fingerprint density at radius 1 is 1.38 bits per heavy atom. The predicted molar refractivity (Wildman–Crippen MR) is 61.7 cm³/mol. The van der Waals surface area contributed by atoms with Crippen molar-refractivity contribution in [1.82, 2.24) is 9.78 Å². The highest BCUT2D eigenvalue weighted by molar-refractivity contribution is 5.07. The molecule has 1 fully saturated rings. The number of halogens is 1. The third-order valence-electron chi connectivity index (χ3n) is 3.37. The average Bonchev–Trinajstić information content (AvgIpc) is 2.69. The summed E-state index contributed by atoms with van der Waals surface area (Å²) in [5.41, 5.74) is 6.14. The van der Waals surface area contributed by atoms with Gasteiger partial charge in [-0.1, -0.05) is 19.3 Å². The first-order valence-corrected chi connectivity index (χ1v) is 6.25. The molecule has 1 aromatic heterocycles. The fraction of sp³-hybridized carbons (Fsp3) is 0.750. The minimum absolute atomic E-state index is 0.139. The molecule has 1 aromatic rings. The summed E-state index contributed by atoms with van der Waals surface area (Å²) >= 11 is 0. The van der Waals surface area contributed by atoms with E-state index < -0.39 is 0 Å². The van der Waals surface area contributed by atoms with Crippen molar-refractivity contribution in [3.63, 3.8) is 0 Å². The first-order chi connectivity index (χ1) is 7.83. The van der Waals surface area contributed by atoms with Crippen LogP contribution in [0.25, 0.3) is 0 Å². The van der Waals surface area contributed by atoms with Crippen LogP contribution in [-0.2, 0) is 6.42 Å². The molecule has 1 aliphatic rings. The number of nitrogens with two attached hydrogens (primary N) is 1. The van der Waals surface area contributed by atoms with E-state index in [1.165, 1.54) is 19.3 Å². The quantitative estimate of drug-likeness (QED) is 0.855. The first-order valence-electron chi connectivity index (χ1n) is 6.25. The molecular formula is C12H20FN3. The molecule has 0 radical (unpaired) electrons. The van der Waals surface area contributed by atoms with Gasteiger partial charge < -0.3 is 5.73 Å². The Labute approximate surface area is 95.8 Å². The van der Waals surface area contributed by atoms with Gasteiger partial charge >= 0.3 is 0 Å². The SMILES string of the molecule is NCCCc1cnn(C2CCCCC2)c1F. The molecule has 1 aliphatic carbocycles. The zero-order valence-corrected chi connectivity index (χ0v) is 9.66. The maximum atomic E-state index is 14.0. The van der Waals surface area contributed by atoms with Crippen LogP contribution in [0.4, 0.5) is 4.39 Å². The Bertz CT molecular complexity index is 329. The highest BCUT2D eigenvalue weighted by atomic mass is 19.1. The summed E-state index contributed by atoms with van der Waals surface area (Å²) in [6.45, 7) is 0.605. The van der Waals surface area contributed by atoms with E-state index in [0.717, 1.165) is 24.8 Å². The summed E-state index contributed by atoms with van der Waals surface area (Å²) in [4.78, 5) is 0. The van der Waals surface area contributed by atoms with Gasteiger partial charge in [-0.05, 0) is 32.2 Å². The van der Waals surface area contributed by atoms with Crippen molar-refractivity contribution in [2.45, 2.75) is 51.0 Å². The topological polar surface area (TPSA) is 43.8 Å². The van der Waals surface area contributed by atoms with Crippen molar-refractivity contribution in [2.75, 3.05) is 6.54 Å². The molecule has 90 valence electrons. The lowest BCUT2D eigenvalue weighted by atomic mass is 9.96. The zero-order valence-electron chi connectivity index (χ0n) is 9.66. The van der Waals surface area contributed by atoms with E-state index in [1.807, 2.05) is 0 Å². The molecule has 16 heavy (non-hydrogen) atoms. The van der Waals surface area contributed by atoms with Crippen molar-refractivity contribution in [3.05, 3.63) is 17.7 Å². The number of aromatic nitrogens is 2. The number of nitrogens with zero attached hydrogens (tertiary/aromatic N) is 2. The summed E-state index contributed by atoms with van der Waals surface area (Å²) in [7, 11) is 0. The van der Waals surface area contributed by atoms with Gasteiger partial charge in [-0.25, -0.2) is 4.68 Å². The van der Waals surface area contributed by atoms with Crippen molar-refractivity contribution >= 4 is 0 Å². The van der Waals surface area contributed by atoms with Crippen LogP contribution in [0.2, 0.25) is 0 Å². The molecular weight excluding hydrogens is 205 g/mol. The smallest absolute Gasteiger partial charge is 0.214 e. The fourth-order valence-corrected chi connectivity index (χ4v) is 2.42. The fourth-order valence-electron chi connectivity index (χ4n) is 2.42. The standard InChI is InChI=1S/C12H20FN3/c13-12-10(5-4-8-14)9-15-16(12)11-6-2-1-3-7-11/h9,11H,1-8,14H2. The van der Waals surface area contributed by atoms with Crippen LogP contribution in [-0.4, -0.2) is 16.3 Å². The number of hydrogen-bond donors (Lipinski definition) is 1. The molecule has 0 unspecified atom stereocenters. The molecule has 0 amide bonds. The lowest BCUT2D eigenvalue weighted by molar-refractivity contribution is 0.291. The number of hydrogen-bond acceptors (Lipinski definition) is 2. The summed E-state index contributed by atoms with van der Waals surface area (Å²) < 4.78 is 15.6. The van der Waals surface area contributed by atoms with Crippen LogP contribution in [0.15, 0.2) is 6.20 Å². The lowest BCUT2D eigenvalue weighted by Crippen LogP contribution is -2.16. The molecule has 3 nitrogen and oxygen atoms in total. The van der Waals surface area contributed by atoms with E-state index >= 15 is 0 Å². The monoisotopic (exact) mass is 225 g/mol. The lowest BCUT2D eigenvalue weighted by Gasteiger charge is -2.22. The molecule has 0 aromatic carbocycles. The van der Waals surface area contributed by atoms with Crippen LogP contribution < -0.4 is 5.73 Å². The maximum absolute atomic E-state index is 14.0. The largest absolute Gasteiger partial charge is 0.330 e. The summed E-state index contributed by atoms with van der Waals surface area (Å²) in [6, 6.07) is 0.278. The highest BCUT2D eigenvalue weighted by Gasteiger charge is 2.20. The van der Waals surface area contributed by atoms with Gasteiger partial charge in [-0.15, -0.1) is 0 Å². The van der Waals surface area contributed by atoms with E-state index in [1.54, 1.807) is 10.9 Å². The normalized spacial score (nSPS) is 17.9. The van der Waals surface area contributed by atoms with Gasteiger partial charge in [0.25, 0.3) is 0 Å². The van der Waals surface area contributed by atoms with Crippen LogP contribution in [0.3, 0.4) is 0 Å². The molecule has 0 aliphatic heterocycles. The third kappa shape index (κ3) is 2.43. The van der Waals surface area contributed by atoms with Crippen molar-refractivity contribution in [3.8, 4) is 0 Å². The first kappa shape index (κ1) is 11.6. The van der Waals surface area contributed by atoms with E-state index in [9.17, 15) is 4.39 Å². The zero-order chi connectivity index (χ0) is 11.4. The van der Waals surface area contributed by atoms with Crippen LogP contribution in [0.1, 0.15) is 50.1 Å². The molecule has 4 heteroatoms. The number of aryl methyl sites for hydroxylation is 1. The van der Waals surface area contributed by atoms with Gasteiger partial charge in [-0.3, -0.25) is 0 Å². The Hall–Kier alpha value is -0.900. The summed E-state index contributed by atoms with van der Waals surface area (Å²) in [6.07, 6.45) is 9.00.